The number of hydrogen-bond acceptors (Lipinski definition) is 6. The number of ether oxygens (including phenoxy) is 4. The molecule has 0 saturated heterocycles. The maximum Gasteiger partial charge on any atom is 0.315 e. The Morgan fingerprint density at radius 3 is 2.42 bits per heavy atom. The molecule has 1 saturated carbocycles. The van der Waals surface area contributed by atoms with E-state index in [0.29, 0.717) is 23.7 Å². The molecule has 2 aliphatic rings. The van der Waals surface area contributed by atoms with Crippen LogP contribution in [-0.4, -0.2) is 38.7 Å². The van der Waals surface area contributed by atoms with Gasteiger partial charge in [0.1, 0.15) is 12.0 Å². The van der Waals surface area contributed by atoms with Crippen LogP contribution < -0.4 is 14.2 Å². The number of rotatable bonds is 9. The highest BCUT2D eigenvalue weighted by Crippen LogP contribution is 2.48. The molecule has 0 aliphatic heterocycles. The molecule has 6 nitrogen and oxygen atoms in total. The van der Waals surface area contributed by atoms with Gasteiger partial charge in [0.2, 0.25) is 5.75 Å². The minimum Gasteiger partial charge on any atom is -0.493 e. The van der Waals surface area contributed by atoms with Crippen molar-refractivity contribution < 1.29 is 28.5 Å². The summed E-state index contributed by atoms with van der Waals surface area (Å²) in [5.74, 6) is 1.56. The van der Waals surface area contributed by atoms with E-state index in [2.05, 4.69) is 0 Å². The Morgan fingerprint density at radius 1 is 1.03 bits per heavy atom. The van der Waals surface area contributed by atoms with Gasteiger partial charge in [0.25, 0.3) is 0 Å². The standard InChI is InChI=1S/C27H32O6/c1-5-17(2)33-26(29)27(13-6-14-27)16-32-24-21(10-12-23(30-3)25(24)31-4)19-7-9-20-18(15-19)8-11-22(20)28/h7,9-10,12,15,17H,5-6,8,11,13-14,16H2,1-4H3/t17-/m1/s1. The van der Waals surface area contributed by atoms with Crippen molar-refractivity contribution in [1.29, 1.82) is 0 Å². The van der Waals surface area contributed by atoms with Crippen LogP contribution in [0.15, 0.2) is 30.3 Å². The minimum absolute atomic E-state index is 0.119. The number of carbonyl (C=O) groups excluding carboxylic acids is 2. The van der Waals surface area contributed by atoms with E-state index in [4.69, 9.17) is 18.9 Å². The average Bonchev–Trinajstić information content (AvgIpc) is 3.17. The van der Waals surface area contributed by atoms with Crippen molar-refractivity contribution >= 4 is 11.8 Å². The second-order valence-corrected chi connectivity index (χ2v) is 9.02. The Labute approximate surface area is 195 Å². The van der Waals surface area contributed by atoms with Gasteiger partial charge >= 0.3 is 5.97 Å². The molecule has 2 aromatic rings. The van der Waals surface area contributed by atoms with Gasteiger partial charge in [-0.1, -0.05) is 31.5 Å². The molecule has 0 amide bonds. The van der Waals surface area contributed by atoms with Gasteiger partial charge in [-0.2, -0.15) is 0 Å². The van der Waals surface area contributed by atoms with Crippen LogP contribution in [-0.2, 0) is 16.0 Å². The first-order chi connectivity index (χ1) is 15.9. The van der Waals surface area contributed by atoms with E-state index in [9.17, 15) is 9.59 Å². The molecule has 1 fully saturated rings. The summed E-state index contributed by atoms with van der Waals surface area (Å²) in [7, 11) is 3.16. The third kappa shape index (κ3) is 4.31. The van der Waals surface area contributed by atoms with Crippen LogP contribution >= 0.6 is 0 Å². The third-order valence-corrected chi connectivity index (χ3v) is 6.96. The Hall–Kier alpha value is -3.02. The maximum atomic E-state index is 12.9. The van der Waals surface area contributed by atoms with E-state index in [1.54, 1.807) is 14.2 Å². The number of methoxy groups -OCH3 is 2. The van der Waals surface area contributed by atoms with Crippen LogP contribution in [0, 0.1) is 5.41 Å². The fourth-order valence-corrected chi connectivity index (χ4v) is 4.50. The predicted octanol–water partition coefficient (Wildman–Crippen LogP) is 5.39. The molecule has 0 aromatic heterocycles. The van der Waals surface area contributed by atoms with Gasteiger partial charge in [0.15, 0.2) is 17.3 Å². The van der Waals surface area contributed by atoms with Gasteiger partial charge in [-0.25, -0.2) is 0 Å². The largest absolute Gasteiger partial charge is 0.493 e. The van der Waals surface area contributed by atoms with Crippen molar-refractivity contribution in [3.05, 3.63) is 41.5 Å². The van der Waals surface area contributed by atoms with E-state index in [1.165, 1.54) is 0 Å². The second kappa shape index (κ2) is 9.46. The fraction of sp³-hybridized carbons (Fsp3) is 0.481. The number of ketones is 1. The molecular weight excluding hydrogens is 420 g/mol. The number of carbonyl (C=O) groups is 2. The van der Waals surface area contributed by atoms with E-state index >= 15 is 0 Å². The lowest BCUT2D eigenvalue weighted by Gasteiger charge is -2.39. The van der Waals surface area contributed by atoms with Gasteiger partial charge in [0.05, 0.1) is 20.3 Å². The van der Waals surface area contributed by atoms with Crippen LogP contribution in [0.5, 0.6) is 17.2 Å². The topological polar surface area (TPSA) is 71.1 Å². The van der Waals surface area contributed by atoms with Gasteiger partial charge in [-0.15, -0.1) is 0 Å². The lowest BCUT2D eigenvalue weighted by Crippen LogP contribution is -2.45. The van der Waals surface area contributed by atoms with Crippen LogP contribution in [0.2, 0.25) is 0 Å². The van der Waals surface area contributed by atoms with E-state index in [-0.39, 0.29) is 24.5 Å². The van der Waals surface area contributed by atoms with Gasteiger partial charge in [-0.3, -0.25) is 9.59 Å². The monoisotopic (exact) mass is 452 g/mol. The lowest BCUT2D eigenvalue weighted by molar-refractivity contribution is -0.169. The molecule has 6 heteroatoms. The summed E-state index contributed by atoms with van der Waals surface area (Å²) < 4.78 is 23.2. The van der Waals surface area contributed by atoms with Gasteiger partial charge < -0.3 is 18.9 Å². The number of fused-ring (bicyclic) bond motifs is 1. The minimum atomic E-state index is -0.640. The molecule has 33 heavy (non-hydrogen) atoms. The molecule has 0 unspecified atom stereocenters. The molecule has 176 valence electrons. The SMILES string of the molecule is CC[C@@H](C)OC(=O)C1(COc2c(-c3ccc4c(c3)CCC4=O)ccc(OC)c2OC)CCC1. The molecule has 0 heterocycles. The van der Waals surface area contributed by atoms with E-state index in [1.807, 2.05) is 44.2 Å². The van der Waals surface area contributed by atoms with Crippen molar-refractivity contribution in [2.24, 2.45) is 5.41 Å². The number of hydrogen-bond donors (Lipinski definition) is 0. The Morgan fingerprint density at radius 2 is 1.79 bits per heavy atom. The summed E-state index contributed by atoms with van der Waals surface area (Å²) >= 11 is 0. The molecule has 4 rings (SSSR count). The van der Waals surface area contributed by atoms with Crippen LogP contribution in [0.1, 0.15) is 61.9 Å². The predicted molar refractivity (Wildman–Crippen MR) is 125 cm³/mol. The van der Waals surface area contributed by atoms with Gasteiger partial charge in [-0.05, 0) is 55.9 Å². The number of benzene rings is 2. The maximum absolute atomic E-state index is 12.9. The molecule has 1 atom stereocenters. The molecule has 2 aromatic carbocycles. The molecule has 2 aliphatic carbocycles. The Balaban J connectivity index is 1.68. The average molecular weight is 453 g/mol. The van der Waals surface area contributed by atoms with Crippen molar-refractivity contribution in [1.82, 2.24) is 0 Å². The lowest BCUT2D eigenvalue weighted by atomic mass is 9.69. The first-order valence-electron chi connectivity index (χ1n) is 11.7. The summed E-state index contributed by atoms with van der Waals surface area (Å²) in [5, 5.41) is 0. The third-order valence-electron chi connectivity index (χ3n) is 6.96. The van der Waals surface area contributed by atoms with Crippen LogP contribution in [0.3, 0.4) is 0 Å². The smallest absolute Gasteiger partial charge is 0.315 e. The normalized spacial score (nSPS) is 17.0. The highest BCUT2D eigenvalue weighted by atomic mass is 16.6. The quantitative estimate of drug-likeness (QED) is 0.475. The van der Waals surface area contributed by atoms with E-state index < -0.39 is 5.41 Å². The molecule has 0 N–H and O–H groups in total. The van der Waals surface area contributed by atoms with Crippen molar-refractivity contribution in [2.45, 2.75) is 58.5 Å². The first-order valence-corrected chi connectivity index (χ1v) is 11.7. The number of Topliss-reactive ketones (excluding diaryl/α,β-unsaturated/α-hetero) is 1. The van der Waals surface area contributed by atoms with Crippen molar-refractivity contribution in [3.8, 4) is 28.4 Å². The molecular formula is C27H32O6. The number of esters is 1. The second-order valence-electron chi connectivity index (χ2n) is 9.02. The zero-order valence-electron chi connectivity index (χ0n) is 19.9. The first kappa shape index (κ1) is 23.1. The molecule has 0 radical (unpaired) electrons. The van der Waals surface area contributed by atoms with Crippen LogP contribution in [0.4, 0.5) is 0 Å². The summed E-state index contributed by atoms with van der Waals surface area (Å²) in [4.78, 5) is 25.0. The highest BCUT2D eigenvalue weighted by Gasteiger charge is 2.47. The summed E-state index contributed by atoms with van der Waals surface area (Å²) in [6.45, 7) is 4.12. The number of aryl methyl sites for hydroxylation is 1. The summed E-state index contributed by atoms with van der Waals surface area (Å²) in [6, 6.07) is 9.64. The molecule has 0 bridgehead atoms. The van der Waals surface area contributed by atoms with Gasteiger partial charge in [0, 0.05) is 17.5 Å². The Bertz CT molecular complexity index is 1050. The highest BCUT2D eigenvalue weighted by molar-refractivity contribution is 6.01. The Kier molecular flexibility index (Phi) is 6.63. The summed E-state index contributed by atoms with van der Waals surface area (Å²) in [6.07, 6.45) is 4.41. The summed E-state index contributed by atoms with van der Waals surface area (Å²) in [5.41, 5.74) is 2.97. The zero-order valence-corrected chi connectivity index (χ0v) is 19.9. The zero-order chi connectivity index (χ0) is 23.6. The molecule has 0 spiro atoms. The van der Waals surface area contributed by atoms with Crippen molar-refractivity contribution in [2.75, 3.05) is 20.8 Å². The van der Waals surface area contributed by atoms with Crippen molar-refractivity contribution in [3.63, 3.8) is 0 Å². The van der Waals surface area contributed by atoms with Crippen LogP contribution in [0.25, 0.3) is 11.1 Å². The fourth-order valence-electron chi connectivity index (χ4n) is 4.50. The van der Waals surface area contributed by atoms with E-state index in [0.717, 1.165) is 54.4 Å².